The van der Waals surface area contributed by atoms with E-state index in [1.807, 2.05) is 26.0 Å². The first-order chi connectivity index (χ1) is 10.6. The van der Waals surface area contributed by atoms with Crippen LogP contribution in [-0.2, 0) is 0 Å². The molecule has 0 bridgehead atoms. The average Bonchev–Trinajstić information content (AvgIpc) is 2.96. The molecule has 7 nitrogen and oxygen atoms in total. The molecule has 3 aromatic heterocycles. The van der Waals surface area contributed by atoms with E-state index in [9.17, 15) is 4.79 Å². The summed E-state index contributed by atoms with van der Waals surface area (Å²) in [7, 11) is 0. The molecule has 110 valence electrons. The van der Waals surface area contributed by atoms with Crippen molar-refractivity contribution in [2.24, 2.45) is 0 Å². The van der Waals surface area contributed by atoms with Crippen LogP contribution in [-0.4, -0.2) is 30.6 Å². The maximum Gasteiger partial charge on any atom is 0.277 e. The zero-order valence-electron chi connectivity index (χ0n) is 12.2. The molecule has 22 heavy (non-hydrogen) atoms. The van der Waals surface area contributed by atoms with Crippen LogP contribution in [0.15, 0.2) is 42.9 Å². The number of hydrogen-bond acceptors (Lipinski definition) is 5. The number of nitrogens with one attached hydrogen (secondary N) is 1. The van der Waals surface area contributed by atoms with Crippen LogP contribution in [0.4, 0.5) is 5.82 Å². The molecule has 0 saturated carbocycles. The Morgan fingerprint density at radius 1 is 1.09 bits per heavy atom. The van der Waals surface area contributed by atoms with E-state index in [1.54, 1.807) is 35.3 Å². The summed E-state index contributed by atoms with van der Waals surface area (Å²) in [6, 6.07) is 7.03. The maximum atomic E-state index is 12.2. The summed E-state index contributed by atoms with van der Waals surface area (Å²) in [4.78, 5) is 20.4. The van der Waals surface area contributed by atoms with E-state index in [4.69, 9.17) is 0 Å². The highest BCUT2D eigenvalue weighted by Gasteiger charge is 2.11. The van der Waals surface area contributed by atoms with Gasteiger partial charge in [0, 0.05) is 18.6 Å². The molecule has 0 saturated heterocycles. The molecule has 1 N–H and O–H groups in total. The molecule has 0 unspecified atom stereocenters. The number of hydrogen-bond donors (Lipinski definition) is 1. The van der Waals surface area contributed by atoms with Gasteiger partial charge in [-0.15, -0.1) is 10.2 Å². The van der Waals surface area contributed by atoms with Gasteiger partial charge in [-0.05, 0) is 37.6 Å². The first-order valence-electron chi connectivity index (χ1n) is 6.72. The van der Waals surface area contributed by atoms with Gasteiger partial charge in [-0.25, -0.2) is 9.97 Å². The SMILES string of the molecule is Cc1cccnc1NC(=O)c1ccc(-n2ccnc2C)nn1. The van der Waals surface area contributed by atoms with Gasteiger partial charge in [0.2, 0.25) is 0 Å². The fourth-order valence-electron chi connectivity index (χ4n) is 1.98. The van der Waals surface area contributed by atoms with Crippen molar-refractivity contribution >= 4 is 11.7 Å². The summed E-state index contributed by atoms with van der Waals surface area (Å²) < 4.78 is 1.79. The molecule has 0 atom stereocenters. The Bertz CT molecular complexity index is 809. The lowest BCUT2D eigenvalue weighted by atomic mass is 10.3. The second kappa shape index (κ2) is 5.72. The van der Waals surface area contributed by atoms with Crippen LogP contribution >= 0.6 is 0 Å². The normalized spacial score (nSPS) is 10.5. The Balaban J connectivity index is 1.80. The van der Waals surface area contributed by atoms with Crippen LogP contribution in [0.25, 0.3) is 5.82 Å². The zero-order valence-corrected chi connectivity index (χ0v) is 12.2. The Labute approximate surface area is 127 Å². The lowest BCUT2D eigenvalue weighted by Gasteiger charge is -2.07. The number of pyridine rings is 1. The Morgan fingerprint density at radius 2 is 1.95 bits per heavy atom. The molecular weight excluding hydrogens is 280 g/mol. The molecule has 0 radical (unpaired) electrons. The molecule has 0 aliphatic heterocycles. The van der Waals surface area contributed by atoms with Crippen molar-refractivity contribution in [1.82, 2.24) is 24.7 Å². The van der Waals surface area contributed by atoms with Gasteiger partial charge in [0.1, 0.15) is 11.6 Å². The van der Waals surface area contributed by atoms with Gasteiger partial charge in [0.25, 0.3) is 5.91 Å². The third-order valence-electron chi connectivity index (χ3n) is 3.20. The highest BCUT2D eigenvalue weighted by atomic mass is 16.2. The fraction of sp³-hybridized carbons (Fsp3) is 0.133. The first-order valence-corrected chi connectivity index (χ1v) is 6.72. The van der Waals surface area contributed by atoms with Crippen LogP contribution in [0, 0.1) is 13.8 Å². The molecule has 0 aliphatic carbocycles. The van der Waals surface area contributed by atoms with Gasteiger partial charge >= 0.3 is 0 Å². The topological polar surface area (TPSA) is 85.6 Å². The smallest absolute Gasteiger partial charge is 0.277 e. The van der Waals surface area contributed by atoms with Crippen molar-refractivity contribution in [2.45, 2.75) is 13.8 Å². The molecule has 0 fully saturated rings. The molecule has 7 heteroatoms. The highest BCUT2D eigenvalue weighted by Crippen LogP contribution is 2.11. The number of aryl methyl sites for hydroxylation is 2. The van der Waals surface area contributed by atoms with E-state index in [0.717, 1.165) is 11.4 Å². The third kappa shape index (κ3) is 2.69. The number of rotatable bonds is 3. The Hall–Kier alpha value is -3.09. The van der Waals surface area contributed by atoms with Gasteiger partial charge in [0.15, 0.2) is 11.5 Å². The third-order valence-corrected chi connectivity index (χ3v) is 3.20. The monoisotopic (exact) mass is 294 g/mol. The molecule has 0 aliphatic rings. The van der Waals surface area contributed by atoms with Crippen LogP contribution in [0.2, 0.25) is 0 Å². The summed E-state index contributed by atoms with van der Waals surface area (Å²) in [5, 5.41) is 10.7. The summed E-state index contributed by atoms with van der Waals surface area (Å²) in [5.74, 6) is 1.59. The molecule has 0 aromatic carbocycles. The predicted molar refractivity (Wildman–Crippen MR) is 80.8 cm³/mol. The van der Waals surface area contributed by atoms with Crippen LogP contribution in [0.3, 0.4) is 0 Å². The van der Waals surface area contributed by atoms with Gasteiger partial charge in [-0.3, -0.25) is 9.36 Å². The Morgan fingerprint density at radius 3 is 2.59 bits per heavy atom. The number of carbonyl (C=O) groups is 1. The lowest BCUT2D eigenvalue weighted by Crippen LogP contribution is -2.16. The molecule has 3 heterocycles. The van der Waals surface area contributed by atoms with E-state index >= 15 is 0 Å². The van der Waals surface area contributed by atoms with Crippen molar-refractivity contribution in [2.75, 3.05) is 5.32 Å². The largest absolute Gasteiger partial charge is 0.305 e. The number of aromatic nitrogens is 5. The van der Waals surface area contributed by atoms with Crippen molar-refractivity contribution in [3.63, 3.8) is 0 Å². The quantitative estimate of drug-likeness (QED) is 0.797. The van der Waals surface area contributed by atoms with Crippen LogP contribution in [0.1, 0.15) is 21.9 Å². The minimum atomic E-state index is -0.344. The Kier molecular flexibility index (Phi) is 3.61. The van der Waals surface area contributed by atoms with E-state index in [2.05, 4.69) is 25.5 Å². The number of anilines is 1. The summed E-state index contributed by atoms with van der Waals surface area (Å²) >= 11 is 0. The van der Waals surface area contributed by atoms with Crippen molar-refractivity contribution in [1.29, 1.82) is 0 Å². The van der Waals surface area contributed by atoms with Gasteiger partial charge < -0.3 is 5.32 Å². The van der Waals surface area contributed by atoms with Gasteiger partial charge in [-0.2, -0.15) is 0 Å². The minimum absolute atomic E-state index is 0.228. The molecule has 1 amide bonds. The summed E-state index contributed by atoms with van der Waals surface area (Å²) in [6.07, 6.45) is 5.09. The first kappa shape index (κ1) is 13.9. The highest BCUT2D eigenvalue weighted by molar-refractivity contribution is 6.02. The zero-order chi connectivity index (χ0) is 15.5. The van der Waals surface area contributed by atoms with E-state index in [0.29, 0.717) is 11.6 Å². The molecule has 3 rings (SSSR count). The second-order valence-corrected chi connectivity index (χ2v) is 4.74. The molecular formula is C15H14N6O. The minimum Gasteiger partial charge on any atom is -0.305 e. The van der Waals surface area contributed by atoms with Crippen molar-refractivity contribution < 1.29 is 4.79 Å². The summed E-state index contributed by atoms with van der Waals surface area (Å²) in [6.45, 7) is 3.74. The number of amides is 1. The standard InChI is InChI=1S/C15H14N6O/c1-10-4-3-7-17-14(10)18-15(22)12-5-6-13(20-19-12)21-9-8-16-11(21)2/h3-9H,1-2H3,(H,17,18,22). The second-order valence-electron chi connectivity index (χ2n) is 4.74. The van der Waals surface area contributed by atoms with Crippen molar-refractivity contribution in [3.05, 3.63) is 59.9 Å². The van der Waals surface area contributed by atoms with Crippen molar-refractivity contribution in [3.8, 4) is 5.82 Å². The van der Waals surface area contributed by atoms with E-state index < -0.39 is 0 Å². The van der Waals surface area contributed by atoms with Gasteiger partial charge in [0.05, 0.1) is 0 Å². The summed E-state index contributed by atoms with van der Waals surface area (Å²) in [5.41, 5.74) is 1.11. The molecule has 3 aromatic rings. The van der Waals surface area contributed by atoms with Crippen LogP contribution < -0.4 is 5.32 Å². The number of nitrogens with zero attached hydrogens (tertiary/aromatic N) is 5. The van der Waals surface area contributed by atoms with E-state index in [1.165, 1.54) is 0 Å². The number of carbonyl (C=O) groups excluding carboxylic acids is 1. The van der Waals surface area contributed by atoms with Gasteiger partial charge in [-0.1, -0.05) is 6.07 Å². The average molecular weight is 294 g/mol. The van der Waals surface area contributed by atoms with E-state index in [-0.39, 0.29) is 11.6 Å². The number of imidazole rings is 1. The van der Waals surface area contributed by atoms with Crippen LogP contribution in [0.5, 0.6) is 0 Å². The maximum absolute atomic E-state index is 12.2. The predicted octanol–water partition coefficient (Wildman–Crippen LogP) is 1.93. The lowest BCUT2D eigenvalue weighted by molar-refractivity contribution is 0.102. The molecule has 0 spiro atoms. The fourth-order valence-corrected chi connectivity index (χ4v) is 1.98.